The Morgan fingerprint density at radius 3 is 1.83 bits per heavy atom. The van der Waals surface area contributed by atoms with Crippen LogP contribution >= 0.6 is 7.29 Å². The van der Waals surface area contributed by atoms with Gasteiger partial charge in [0.05, 0.1) is 0 Å². The summed E-state index contributed by atoms with van der Waals surface area (Å²) in [5.74, 6) is 0. The van der Waals surface area contributed by atoms with Gasteiger partial charge in [-0.2, -0.15) is 0 Å². The number of hydrogen-bond acceptors (Lipinski definition) is 1. The van der Waals surface area contributed by atoms with Crippen LogP contribution in [0.15, 0.2) is 77.1 Å². The highest BCUT2D eigenvalue weighted by Gasteiger charge is 2.30. The Labute approximate surface area is 144 Å². The molecule has 124 valence electrons. The molecular formula is C21H24NOP. The molecule has 0 heterocycles. The van der Waals surface area contributed by atoms with E-state index in [1.165, 1.54) is 5.57 Å². The van der Waals surface area contributed by atoms with Gasteiger partial charge in [-0.05, 0) is 55.5 Å². The van der Waals surface area contributed by atoms with E-state index in [9.17, 15) is 4.57 Å². The van der Waals surface area contributed by atoms with Gasteiger partial charge in [-0.15, -0.1) is 0 Å². The van der Waals surface area contributed by atoms with Crippen molar-refractivity contribution in [3.05, 3.63) is 72.3 Å². The Hall–Kier alpha value is -1.92. The van der Waals surface area contributed by atoms with E-state index in [1.807, 2.05) is 60.7 Å². The van der Waals surface area contributed by atoms with E-state index >= 15 is 0 Å². The molecule has 3 rings (SSSR count). The fourth-order valence-corrected chi connectivity index (χ4v) is 5.64. The predicted molar refractivity (Wildman–Crippen MR) is 104 cm³/mol. The molecule has 0 radical (unpaired) electrons. The van der Waals surface area contributed by atoms with Gasteiger partial charge >= 0.3 is 0 Å². The summed E-state index contributed by atoms with van der Waals surface area (Å²) >= 11 is 0. The third kappa shape index (κ3) is 3.60. The molecule has 1 aliphatic carbocycles. The first-order chi connectivity index (χ1) is 11.4. The molecule has 0 fully saturated rings. The smallest absolute Gasteiger partial charge is 0.247 e. The minimum atomic E-state index is -3.03. The van der Waals surface area contributed by atoms with Crippen LogP contribution in [0.4, 0.5) is 0 Å². The molecule has 1 aliphatic rings. The second-order valence-corrected chi connectivity index (χ2v) is 9.73. The molecule has 0 saturated heterocycles. The lowest BCUT2D eigenvalue weighted by atomic mass is 9.77. The topological polar surface area (TPSA) is 29.4 Å². The lowest BCUT2D eigenvalue weighted by Crippen LogP contribution is -2.23. The highest BCUT2D eigenvalue weighted by atomic mass is 31.2. The Morgan fingerprint density at radius 2 is 1.38 bits per heavy atom. The molecule has 2 aromatic rings. The van der Waals surface area contributed by atoms with Crippen molar-refractivity contribution in [1.29, 1.82) is 0 Å². The second-order valence-electron chi connectivity index (χ2n) is 7.35. The number of benzene rings is 2. The molecule has 2 aromatic carbocycles. The van der Waals surface area contributed by atoms with Crippen molar-refractivity contribution in [3.63, 3.8) is 0 Å². The zero-order chi connectivity index (χ0) is 17.2. The summed E-state index contributed by atoms with van der Waals surface area (Å²) < 4.78 is 18.8. The third-order valence-corrected chi connectivity index (χ3v) is 6.85. The van der Waals surface area contributed by atoms with Crippen molar-refractivity contribution in [2.75, 3.05) is 0 Å². The van der Waals surface area contributed by atoms with Crippen LogP contribution in [0.5, 0.6) is 0 Å². The molecule has 0 amide bonds. The fourth-order valence-electron chi connectivity index (χ4n) is 3.46. The van der Waals surface area contributed by atoms with Gasteiger partial charge in [0.15, 0.2) is 0 Å². The van der Waals surface area contributed by atoms with Crippen molar-refractivity contribution in [2.45, 2.75) is 33.6 Å². The van der Waals surface area contributed by atoms with Crippen molar-refractivity contribution < 1.29 is 4.57 Å². The summed E-state index contributed by atoms with van der Waals surface area (Å²) in [5, 5.41) is 1.58. The third-order valence-electron chi connectivity index (χ3n) is 4.31. The van der Waals surface area contributed by atoms with Crippen LogP contribution in [0.25, 0.3) is 0 Å². The van der Waals surface area contributed by atoms with Gasteiger partial charge in [-0.1, -0.05) is 55.8 Å². The van der Waals surface area contributed by atoms with Gasteiger partial charge in [0.25, 0.3) is 0 Å². The Bertz CT molecular complexity index is 776. The number of nitrogens with zero attached hydrogens (tertiary/aromatic N) is 1. The maximum absolute atomic E-state index is 14.0. The van der Waals surface area contributed by atoms with Gasteiger partial charge in [-0.3, -0.25) is 4.57 Å². The van der Waals surface area contributed by atoms with Crippen LogP contribution in [0.3, 0.4) is 0 Å². The summed E-state index contributed by atoms with van der Waals surface area (Å²) in [6.45, 7) is 6.62. The van der Waals surface area contributed by atoms with Gasteiger partial charge in [0.1, 0.15) is 0 Å². The zero-order valence-electron chi connectivity index (χ0n) is 14.6. The minimum Gasteiger partial charge on any atom is -0.288 e. The molecule has 0 bridgehead atoms. The Balaban J connectivity index is 2.15. The number of allylic oxidation sites excluding steroid dienone is 2. The molecule has 2 nitrogen and oxygen atoms in total. The summed E-state index contributed by atoms with van der Waals surface area (Å²) in [5.41, 5.74) is 2.41. The first-order valence-corrected chi connectivity index (χ1v) is 10.0. The van der Waals surface area contributed by atoms with Crippen molar-refractivity contribution in [1.82, 2.24) is 0 Å². The fraction of sp³-hybridized carbons (Fsp3) is 0.286. The van der Waals surface area contributed by atoms with E-state index in [1.54, 1.807) is 0 Å². The van der Waals surface area contributed by atoms with Gasteiger partial charge < -0.3 is 0 Å². The van der Waals surface area contributed by atoms with Crippen molar-refractivity contribution in [3.8, 4) is 0 Å². The van der Waals surface area contributed by atoms with Crippen LogP contribution in [-0.2, 0) is 4.57 Å². The van der Waals surface area contributed by atoms with Crippen molar-refractivity contribution in [2.24, 2.45) is 10.2 Å². The molecular weight excluding hydrogens is 313 g/mol. The lowest BCUT2D eigenvalue weighted by molar-refractivity contribution is 0.373. The average molecular weight is 337 g/mol. The molecule has 0 spiro atoms. The highest BCUT2D eigenvalue weighted by Crippen LogP contribution is 2.47. The minimum absolute atomic E-state index is 0.163. The first kappa shape index (κ1) is 16.9. The largest absolute Gasteiger partial charge is 0.288 e. The molecule has 0 saturated carbocycles. The number of hydrogen-bond donors (Lipinski definition) is 0. The average Bonchev–Trinajstić information content (AvgIpc) is 2.54. The quantitative estimate of drug-likeness (QED) is 0.715. The summed E-state index contributed by atoms with van der Waals surface area (Å²) in [6, 6.07) is 19.3. The normalized spacial score (nSPS) is 19.1. The van der Waals surface area contributed by atoms with E-state index in [0.717, 1.165) is 29.2 Å². The van der Waals surface area contributed by atoms with E-state index in [4.69, 9.17) is 4.76 Å². The van der Waals surface area contributed by atoms with Crippen LogP contribution in [-0.4, -0.2) is 5.71 Å². The van der Waals surface area contributed by atoms with E-state index in [0.29, 0.717) is 0 Å². The Kier molecular flexibility index (Phi) is 4.60. The molecule has 24 heavy (non-hydrogen) atoms. The lowest BCUT2D eigenvalue weighted by Gasteiger charge is -2.30. The highest BCUT2D eigenvalue weighted by molar-refractivity contribution is 7.77. The predicted octanol–water partition coefficient (Wildman–Crippen LogP) is 5.12. The maximum atomic E-state index is 14.0. The molecule has 0 aromatic heterocycles. The molecule has 0 N–H and O–H groups in total. The van der Waals surface area contributed by atoms with Gasteiger partial charge in [0, 0.05) is 16.3 Å². The summed E-state index contributed by atoms with van der Waals surface area (Å²) in [4.78, 5) is 0. The monoisotopic (exact) mass is 337 g/mol. The van der Waals surface area contributed by atoms with Gasteiger partial charge in [0.2, 0.25) is 7.29 Å². The Morgan fingerprint density at radius 1 is 0.875 bits per heavy atom. The molecule has 0 atom stereocenters. The van der Waals surface area contributed by atoms with Crippen molar-refractivity contribution >= 4 is 23.6 Å². The molecule has 3 heteroatoms. The van der Waals surface area contributed by atoms with Crippen LogP contribution in [0.1, 0.15) is 33.6 Å². The summed E-state index contributed by atoms with van der Waals surface area (Å²) in [7, 11) is -3.03. The standard InChI is InChI=1S/C21H24NOP/c1-17-14-18(16-21(2,3)15-17)22-24(23,19-10-6-4-7-11-19)20-12-8-5-9-13-20/h4-14H,15-16H2,1-3H3/b22-18+. The SMILES string of the molecule is CC1=C/C(=N\P(=O)(c2ccccc2)c2ccccc2)CC(C)(C)C1. The van der Waals surface area contributed by atoms with E-state index in [-0.39, 0.29) is 5.41 Å². The van der Waals surface area contributed by atoms with Crippen LogP contribution in [0, 0.1) is 5.41 Å². The molecule has 0 unspecified atom stereocenters. The number of rotatable bonds is 3. The molecule has 0 aliphatic heterocycles. The van der Waals surface area contributed by atoms with E-state index < -0.39 is 7.29 Å². The second kappa shape index (κ2) is 6.53. The van der Waals surface area contributed by atoms with Crippen LogP contribution in [0.2, 0.25) is 0 Å². The zero-order valence-corrected chi connectivity index (χ0v) is 15.5. The maximum Gasteiger partial charge on any atom is 0.247 e. The van der Waals surface area contributed by atoms with E-state index in [2.05, 4.69) is 26.8 Å². The van der Waals surface area contributed by atoms with Crippen LogP contribution < -0.4 is 10.6 Å². The first-order valence-electron chi connectivity index (χ1n) is 8.37. The van der Waals surface area contributed by atoms with Gasteiger partial charge in [-0.25, -0.2) is 4.76 Å². The summed E-state index contributed by atoms with van der Waals surface area (Å²) in [6.07, 6.45) is 4.03.